The van der Waals surface area contributed by atoms with Gasteiger partial charge in [0.15, 0.2) is 0 Å². The number of hydrogen-bond donors (Lipinski definition) is 2. The second kappa shape index (κ2) is 6.97. The smallest absolute Gasteiger partial charge is 0.333 e. The predicted octanol–water partition coefficient (Wildman–Crippen LogP) is 2.62. The first kappa shape index (κ1) is 16.9. The number of nitrogens with zero attached hydrogens (tertiary/aromatic N) is 1. The number of fused-ring (bicyclic) bond motifs is 1. The van der Waals surface area contributed by atoms with E-state index in [-0.39, 0.29) is 28.9 Å². The van der Waals surface area contributed by atoms with E-state index in [1.807, 2.05) is 60.7 Å². The molecule has 132 valence electrons. The monoisotopic (exact) mass is 366 g/mol. The van der Waals surface area contributed by atoms with Gasteiger partial charge in [0.1, 0.15) is 11.4 Å². The third kappa shape index (κ3) is 3.02. The zero-order valence-corrected chi connectivity index (χ0v) is 14.7. The van der Waals surface area contributed by atoms with Crippen molar-refractivity contribution in [2.24, 2.45) is 0 Å². The summed E-state index contributed by atoms with van der Waals surface area (Å²) in [6.45, 7) is 0. The molecule has 5 nitrogen and oxygen atoms in total. The summed E-state index contributed by atoms with van der Waals surface area (Å²) in [5.74, 6) is -0.645. The van der Waals surface area contributed by atoms with Crippen LogP contribution in [0.4, 0.5) is 0 Å². The summed E-state index contributed by atoms with van der Waals surface area (Å²) in [6.07, 6.45) is 1.48. The number of aliphatic carboxylic acids is 1. The third-order valence-corrected chi connectivity index (χ3v) is 5.99. The van der Waals surface area contributed by atoms with Gasteiger partial charge in [-0.05, 0) is 11.1 Å². The van der Waals surface area contributed by atoms with Gasteiger partial charge in [0.05, 0.1) is 11.6 Å². The van der Waals surface area contributed by atoms with E-state index in [9.17, 15) is 9.59 Å². The Morgan fingerprint density at radius 1 is 1.08 bits per heavy atom. The van der Waals surface area contributed by atoms with Crippen molar-refractivity contribution < 1.29 is 14.7 Å². The first-order valence-corrected chi connectivity index (χ1v) is 9.44. The van der Waals surface area contributed by atoms with Crippen LogP contribution in [0.3, 0.4) is 0 Å². The number of hydrogen-bond acceptors (Lipinski definition) is 4. The first-order chi connectivity index (χ1) is 12.6. The van der Waals surface area contributed by atoms with Crippen molar-refractivity contribution in [2.45, 2.75) is 17.5 Å². The fourth-order valence-electron chi connectivity index (χ4n) is 3.31. The van der Waals surface area contributed by atoms with Crippen molar-refractivity contribution in [3.63, 3.8) is 0 Å². The maximum Gasteiger partial charge on any atom is 0.333 e. The molecule has 2 atom stereocenters. The molecule has 0 aliphatic carbocycles. The summed E-state index contributed by atoms with van der Waals surface area (Å²) in [6, 6.07) is 19.6. The SMILES string of the molecule is O=C(O)C1=CN2C(=O)C(NC(c3ccccc3)c3ccccc3)[C@H]2SC1. The molecule has 1 amide bonds. The van der Waals surface area contributed by atoms with Crippen LogP contribution < -0.4 is 5.32 Å². The molecule has 26 heavy (non-hydrogen) atoms. The number of thioether (sulfide) groups is 1. The summed E-state index contributed by atoms with van der Waals surface area (Å²) >= 11 is 1.49. The number of carbonyl (C=O) groups is 2. The van der Waals surface area contributed by atoms with Crippen molar-refractivity contribution >= 4 is 23.6 Å². The molecular weight excluding hydrogens is 348 g/mol. The first-order valence-electron chi connectivity index (χ1n) is 8.39. The van der Waals surface area contributed by atoms with Crippen LogP contribution in [-0.2, 0) is 9.59 Å². The molecule has 4 rings (SSSR count). The number of carboxylic acid groups (broad SMARTS) is 1. The van der Waals surface area contributed by atoms with Crippen molar-refractivity contribution in [1.82, 2.24) is 10.2 Å². The molecule has 0 spiro atoms. The summed E-state index contributed by atoms with van der Waals surface area (Å²) in [7, 11) is 0. The van der Waals surface area contributed by atoms with Crippen LogP contribution in [0.15, 0.2) is 72.4 Å². The molecule has 2 aliphatic rings. The number of amides is 1. The quantitative estimate of drug-likeness (QED) is 0.796. The van der Waals surface area contributed by atoms with Gasteiger partial charge in [-0.1, -0.05) is 60.7 Å². The number of carbonyl (C=O) groups excluding carboxylic acids is 1. The van der Waals surface area contributed by atoms with Gasteiger partial charge >= 0.3 is 5.97 Å². The number of rotatable bonds is 5. The largest absolute Gasteiger partial charge is 0.478 e. The maximum absolute atomic E-state index is 12.6. The fourth-order valence-corrected chi connectivity index (χ4v) is 4.57. The predicted molar refractivity (Wildman–Crippen MR) is 100 cm³/mol. The van der Waals surface area contributed by atoms with E-state index in [0.29, 0.717) is 5.75 Å². The normalized spacial score (nSPS) is 21.8. The maximum atomic E-state index is 12.6. The fraction of sp³-hybridized carbons (Fsp3) is 0.200. The van der Waals surface area contributed by atoms with E-state index in [1.54, 1.807) is 0 Å². The molecule has 0 aromatic heterocycles. The highest BCUT2D eigenvalue weighted by atomic mass is 32.2. The molecule has 6 heteroatoms. The van der Waals surface area contributed by atoms with E-state index in [1.165, 1.54) is 22.9 Å². The molecular formula is C20H18N2O3S. The summed E-state index contributed by atoms with van der Waals surface area (Å²) in [5.41, 5.74) is 2.45. The van der Waals surface area contributed by atoms with E-state index >= 15 is 0 Å². The molecule has 2 heterocycles. The Balaban J connectivity index is 1.58. The Morgan fingerprint density at radius 3 is 2.19 bits per heavy atom. The Hall–Kier alpha value is -2.57. The highest BCUT2D eigenvalue weighted by Gasteiger charge is 2.49. The van der Waals surface area contributed by atoms with Crippen LogP contribution in [0, 0.1) is 0 Å². The highest BCUT2D eigenvalue weighted by molar-refractivity contribution is 8.00. The van der Waals surface area contributed by atoms with Crippen molar-refractivity contribution in [3.05, 3.63) is 83.6 Å². The van der Waals surface area contributed by atoms with Crippen LogP contribution >= 0.6 is 11.8 Å². The molecule has 1 saturated heterocycles. The number of carboxylic acids is 1. The zero-order chi connectivity index (χ0) is 18.1. The van der Waals surface area contributed by atoms with Crippen LogP contribution in [0.25, 0.3) is 0 Å². The molecule has 0 saturated carbocycles. The van der Waals surface area contributed by atoms with Gasteiger partial charge in [-0.25, -0.2) is 4.79 Å². The standard InChI is InChI=1S/C20H18N2O3S/c23-18-17(19-22(18)11-15(12-26-19)20(24)25)21-16(13-7-3-1-4-8-13)14-9-5-2-6-10-14/h1-11,16-17,19,21H,12H2,(H,24,25)/t17?,19-/m1/s1. The van der Waals surface area contributed by atoms with Crippen molar-refractivity contribution in [3.8, 4) is 0 Å². The summed E-state index contributed by atoms with van der Waals surface area (Å²) in [5, 5.41) is 12.5. The van der Waals surface area contributed by atoms with Crippen molar-refractivity contribution in [1.29, 1.82) is 0 Å². The van der Waals surface area contributed by atoms with Crippen LogP contribution in [0.2, 0.25) is 0 Å². The van der Waals surface area contributed by atoms with Gasteiger partial charge in [0.2, 0.25) is 5.91 Å². The van der Waals surface area contributed by atoms with Gasteiger partial charge in [0.25, 0.3) is 0 Å². The number of β-lactam (4-membered cyclic amide) rings is 1. The van der Waals surface area contributed by atoms with E-state index in [4.69, 9.17) is 5.11 Å². The van der Waals surface area contributed by atoms with Gasteiger partial charge in [-0.15, -0.1) is 11.8 Å². The van der Waals surface area contributed by atoms with E-state index in [2.05, 4.69) is 5.32 Å². The lowest BCUT2D eigenvalue weighted by Crippen LogP contribution is -2.68. The summed E-state index contributed by atoms with van der Waals surface area (Å²) in [4.78, 5) is 25.2. The molecule has 2 N–H and O–H groups in total. The lowest BCUT2D eigenvalue weighted by Gasteiger charge is -2.48. The topological polar surface area (TPSA) is 69.6 Å². The van der Waals surface area contributed by atoms with Gasteiger partial charge in [-0.3, -0.25) is 10.1 Å². The Labute approximate surface area is 155 Å². The molecule has 2 aromatic carbocycles. The van der Waals surface area contributed by atoms with E-state index < -0.39 is 5.97 Å². The molecule has 1 unspecified atom stereocenters. The van der Waals surface area contributed by atoms with Gasteiger partial charge in [0, 0.05) is 12.0 Å². The van der Waals surface area contributed by atoms with Crippen LogP contribution in [0.5, 0.6) is 0 Å². The minimum absolute atomic E-state index is 0.0690. The van der Waals surface area contributed by atoms with Crippen LogP contribution in [0.1, 0.15) is 17.2 Å². The summed E-state index contributed by atoms with van der Waals surface area (Å²) < 4.78 is 0. The molecule has 0 radical (unpaired) electrons. The van der Waals surface area contributed by atoms with Crippen molar-refractivity contribution in [2.75, 3.05) is 5.75 Å². The van der Waals surface area contributed by atoms with Gasteiger partial charge < -0.3 is 10.0 Å². The van der Waals surface area contributed by atoms with Gasteiger partial charge in [-0.2, -0.15) is 0 Å². The molecule has 1 fully saturated rings. The zero-order valence-electron chi connectivity index (χ0n) is 13.9. The Morgan fingerprint density at radius 2 is 1.65 bits per heavy atom. The number of benzene rings is 2. The second-order valence-electron chi connectivity index (χ2n) is 6.31. The lowest BCUT2D eigenvalue weighted by atomic mass is 9.96. The average molecular weight is 366 g/mol. The molecule has 2 aliphatic heterocycles. The molecule has 0 bridgehead atoms. The Kier molecular flexibility index (Phi) is 4.53. The minimum atomic E-state index is -0.966. The third-order valence-electron chi connectivity index (χ3n) is 4.67. The minimum Gasteiger partial charge on any atom is -0.478 e. The van der Waals surface area contributed by atoms with E-state index in [0.717, 1.165) is 11.1 Å². The highest BCUT2D eigenvalue weighted by Crippen LogP contribution is 2.37. The second-order valence-corrected chi connectivity index (χ2v) is 7.41. The Bertz CT molecular complexity index is 814. The lowest BCUT2D eigenvalue weighted by molar-refractivity contribution is -0.142. The average Bonchev–Trinajstić information content (AvgIpc) is 2.69. The van der Waals surface area contributed by atoms with Crippen LogP contribution in [-0.4, -0.2) is 39.1 Å². The number of nitrogens with one attached hydrogen (secondary N) is 1. The molecule has 2 aromatic rings.